The Hall–Kier alpha value is -1.15. The minimum absolute atomic E-state index is 0.479. The van der Waals surface area contributed by atoms with Crippen LogP contribution in [-0.2, 0) is 6.54 Å². The number of aromatic nitrogens is 2. The minimum atomic E-state index is 0.479. The summed E-state index contributed by atoms with van der Waals surface area (Å²) in [4.78, 5) is 0. The van der Waals surface area contributed by atoms with Gasteiger partial charge in [0.25, 0.3) is 0 Å². The van der Waals surface area contributed by atoms with Crippen LogP contribution in [0.2, 0.25) is 0 Å². The van der Waals surface area contributed by atoms with Gasteiger partial charge in [-0.25, -0.2) is 0 Å². The zero-order valence-electron chi connectivity index (χ0n) is 4.53. The van der Waals surface area contributed by atoms with Gasteiger partial charge in [0, 0.05) is 5.38 Å². The summed E-state index contributed by atoms with van der Waals surface area (Å²) in [5, 5.41) is 16.0. The Kier molecular flexibility index (Phi) is 1.99. The number of nitrogens with zero attached hydrogens (tertiary/aromatic N) is 3. The number of nitriles is 1. The summed E-state index contributed by atoms with van der Waals surface area (Å²) in [5.41, 5.74) is 0.807. The van der Waals surface area contributed by atoms with Crippen LogP contribution in [0.5, 0.6) is 0 Å². The SMILES string of the molecule is N#CNCc1csnn1. The highest BCUT2D eigenvalue weighted by Crippen LogP contribution is 1.94. The average Bonchev–Trinajstić information content (AvgIpc) is 2.34. The maximum absolute atomic E-state index is 8.06. The van der Waals surface area contributed by atoms with Gasteiger partial charge >= 0.3 is 0 Å². The van der Waals surface area contributed by atoms with E-state index in [4.69, 9.17) is 5.26 Å². The normalized spacial score (nSPS) is 8.33. The van der Waals surface area contributed by atoms with Crippen LogP contribution < -0.4 is 5.32 Å². The van der Waals surface area contributed by atoms with Crippen molar-refractivity contribution in [2.24, 2.45) is 0 Å². The summed E-state index contributed by atoms with van der Waals surface area (Å²) < 4.78 is 3.62. The summed E-state index contributed by atoms with van der Waals surface area (Å²) in [7, 11) is 0. The van der Waals surface area contributed by atoms with Crippen LogP contribution in [0.3, 0.4) is 0 Å². The average molecular weight is 140 g/mol. The Labute approximate surface area is 56.3 Å². The van der Waals surface area contributed by atoms with Crippen LogP contribution in [-0.4, -0.2) is 9.59 Å². The molecule has 0 aliphatic rings. The zero-order valence-corrected chi connectivity index (χ0v) is 5.35. The van der Waals surface area contributed by atoms with E-state index >= 15 is 0 Å². The van der Waals surface area contributed by atoms with Crippen LogP contribution in [0, 0.1) is 11.5 Å². The monoisotopic (exact) mass is 140 g/mol. The topological polar surface area (TPSA) is 61.6 Å². The highest BCUT2D eigenvalue weighted by atomic mass is 32.1. The van der Waals surface area contributed by atoms with Crippen molar-refractivity contribution in [1.82, 2.24) is 14.9 Å². The molecule has 0 aliphatic heterocycles. The molecule has 0 atom stereocenters. The molecule has 0 radical (unpaired) electrons. The van der Waals surface area contributed by atoms with Crippen LogP contribution in [0.25, 0.3) is 0 Å². The van der Waals surface area contributed by atoms with Gasteiger partial charge < -0.3 is 5.32 Å². The van der Waals surface area contributed by atoms with Crippen molar-refractivity contribution in [1.29, 1.82) is 5.26 Å². The van der Waals surface area contributed by atoms with Crippen LogP contribution in [0.1, 0.15) is 5.69 Å². The molecule has 0 saturated heterocycles. The fourth-order valence-corrected chi connectivity index (χ4v) is 0.842. The van der Waals surface area contributed by atoms with Crippen molar-refractivity contribution >= 4 is 11.5 Å². The molecule has 1 aromatic rings. The molecule has 46 valence electrons. The minimum Gasteiger partial charge on any atom is -0.318 e. The van der Waals surface area contributed by atoms with Crippen molar-refractivity contribution in [2.75, 3.05) is 0 Å². The van der Waals surface area contributed by atoms with Gasteiger partial charge in [0.05, 0.1) is 12.2 Å². The van der Waals surface area contributed by atoms with E-state index in [2.05, 4.69) is 14.9 Å². The molecule has 1 aromatic heterocycles. The third-order valence-electron chi connectivity index (χ3n) is 0.754. The quantitative estimate of drug-likeness (QED) is 0.467. The smallest absolute Gasteiger partial charge is 0.176 e. The maximum atomic E-state index is 8.06. The largest absolute Gasteiger partial charge is 0.318 e. The fourth-order valence-electron chi connectivity index (χ4n) is 0.391. The molecule has 1 rings (SSSR count). The molecule has 0 spiro atoms. The second-order valence-corrected chi connectivity index (χ2v) is 1.97. The van der Waals surface area contributed by atoms with Gasteiger partial charge in [-0.15, -0.1) is 5.10 Å². The van der Waals surface area contributed by atoms with Gasteiger partial charge in [0.1, 0.15) is 0 Å². The number of nitrogens with one attached hydrogen (secondary N) is 1. The standard InChI is InChI=1S/C4H4N4S/c5-3-6-1-4-2-9-8-7-4/h2,6H,1H2. The third-order valence-corrected chi connectivity index (χ3v) is 1.31. The Morgan fingerprint density at radius 2 is 2.78 bits per heavy atom. The van der Waals surface area contributed by atoms with E-state index in [9.17, 15) is 0 Å². The van der Waals surface area contributed by atoms with Crippen molar-refractivity contribution in [2.45, 2.75) is 6.54 Å². The molecule has 0 bridgehead atoms. The first-order valence-corrected chi connectivity index (χ1v) is 3.15. The van der Waals surface area contributed by atoms with Crippen LogP contribution in [0.15, 0.2) is 5.38 Å². The van der Waals surface area contributed by atoms with Crippen molar-refractivity contribution in [3.63, 3.8) is 0 Å². The number of hydrogen-bond donors (Lipinski definition) is 1. The lowest BCUT2D eigenvalue weighted by atomic mass is 10.5. The summed E-state index contributed by atoms with van der Waals surface area (Å²) in [6.45, 7) is 0.479. The van der Waals surface area contributed by atoms with E-state index in [0.717, 1.165) is 5.69 Å². The first-order chi connectivity index (χ1) is 4.43. The molecular formula is C4H4N4S. The lowest BCUT2D eigenvalue weighted by Gasteiger charge is -1.86. The summed E-state index contributed by atoms with van der Waals surface area (Å²) in [5.74, 6) is 0. The lowest BCUT2D eigenvalue weighted by Crippen LogP contribution is -2.04. The lowest BCUT2D eigenvalue weighted by molar-refractivity contribution is 0.838. The van der Waals surface area contributed by atoms with Crippen LogP contribution >= 0.6 is 11.5 Å². The predicted octanol–water partition coefficient (Wildman–Crippen LogP) is 0.109. The molecule has 5 heteroatoms. The Morgan fingerprint density at radius 3 is 3.33 bits per heavy atom. The predicted molar refractivity (Wildman–Crippen MR) is 32.4 cm³/mol. The molecule has 1 heterocycles. The Balaban J connectivity index is 2.41. The zero-order chi connectivity index (χ0) is 6.53. The van der Waals surface area contributed by atoms with Gasteiger partial charge in [-0.3, -0.25) is 0 Å². The molecule has 0 saturated carbocycles. The Bertz CT molecular complexity index is 199. The Morgan fingerprint density at radius 1 is 1.89 bits per heavy atom. The highest BCUT2D eigenvalue weighted by Gasteiger charge is 1.91. The first kappa shape index (κ1) is 5.98. The second kappa shape index (κ2) is 2.99. The van der Waals surface area contributed by atoms with Gasteiger partial charge in [0.2, 0.25) is 0 Å². The molecule has 0 amide bonds. The molecule has 9 heavy (non-hydrogen) atoms. The van der Waals surface area contributed by atoms with Gasteiger partial charge in [-0.2, -0.15) is 5.26 Å². The van der Waals surface area contributed by atoms with E-state index in [-0.39, 0.29) is 0 Å². The fraction of sp³-hybridized carbons (Fsp3) is 0.250. The number of rotatable bonds is 2. The third kappa shape index (κ3) is 1.66. The van der Waals surface area contributed by atoms with Crippen molar-refractivity contribution < 1.29 is 0 Å². The van der Waals surface area contributed by atoms with E-state index < -0.39 is 0 Å². The molecular weight excluding hydrogens is 136 g/mol. The molecule has 4 nitrogen and oxygen atoms in total. The van der Waals surface area contributed by atoms with Gasteiger partial charge in [-0.1, -0.05) is 4.49 Å². The van der Waals surface area contributed by atoms with Crippen molar-refractivity contribution in [3.05, 3.63) is 11.1 Å². The molecule has 0 aromatic carbocycles. The maximum Gasteiger partial charge on any atom is 0.176 e. The molecule has 0 fully saturated rings. The van der Waals surface area contributed by atoms with E-state index in [1.807, 2.05) is 0 Å². The van der Waals surface area contributed by atoms with E-state index in [1.54, 1.807) is 11.6 Å². The first-order valence-electron chi connectivity index (χ1n) is 2.31. The summed E-state index contributed by atoms with van der Waals surface area (Å²) >= 11 is 1.28. The summed E-state index contributed by atoms with van der Waals surface area (Å²) in [6.07, 6.45) is 1.79. The van der Waals surface area contributed by atoms with Gasteiger partial charge in [0.15, 0.2) is 6.19 Å². The second-order valence-electron chi connectivity index (χ2n) is 1.36. The van der Waals surface area contributed by atoms with E-state index in [0.29, 0.717) is 6.54 Å². The molecule has 0 aliphatic carbocycles. The van der Waals surface area contributed by atoms with E-state index in [1.165, 1.54) is 11.5 Å². The number of hydrogen-bond acceptors (Lipinski definition) is 5. The van der Waals surface area contributed by atoms with Crippen molar-refractivity contribution in [3.8, 4) is 6.19 Å². The van der Waals surface area contributed by atoms with Gasteiger partial charge in [-0.05, 0) is 11.5 Å². The van der Waals surface area contributed by atoms with Crippen LogP contribution in [0.4, 0.5) is 0 Å². The highest BCUT2D eigenvalue weighted by molar-refractivity contribution is 7.03. The molecule has 0 unspecified atom stereocenters. The summed E-state index contributed by atoms with van der Waals surface area (Å²) in [6, 6.07) is 0. The molecule has 1 N–H and O–H groups in total.